The smallest absolute Gasteiger partial charge is 0.214 e. The van der Waals surface area contributed by atoms with Crippen molar-refractivity contribution in [2.45, 2.75) is 26.5 Å². The second-order valence-corrected chi connectivity index (χ2v) is 7.29. The van der Waals surface area contributed by atoms with Gasteiger partial charge in [-0.15, -0.1) is 11.3 Å². The van der Waals surface area contributed by atoms with E-state index in [1.807, 2.05) is 25.3 Å². The van der Waals surface area contributed by atoms with Crippen molar-refractivity contribution in [3.63, 3.8) is 0 Å². The highest BCUT2D eigenvalue weighted by Crippen LogP contribution is 2.13. The first-order valence-corrected chi connectivity index (χ1v) is 8.81. The van der Waals surface area contributed by atoms with E-state index < -0.39 is 10.0 Å². The first-order chi connectivity index (χ1) is 9.43. The molecule has 0 saturated carbocycles. The molecule has 0 aromatic carbocycles. The van der Waals surface area contributed by atoms with Crippen molar-refractivity contribution in [1.82, 2.24) is 4.72 Å². The fourth-order valence-electron chi connectivity index (χ4n) is 1.34. The van der Waals surface area contributed by atoms with Gasteiger partial charge in [0.25, 0.3) is 0 Å². The summed E-state index contributed by atoms with van der Waals surface area (Å²) in [6, 6.07) is 1.86. The molecule has 0 radical (unpaired) electrons. The van der Waals surface area contributed by atoms with Crippen LogP contribution in [0.1, 0.15) is 24.3 Å². The third kappa shape index (κ3) is 7.03. The van der Waals surface area contributed by atoms with Gasteiger partial charge in [-0.25, -0.2) is 13.1 Å². The summed E-state index contributed by atoms with van der Waals surface area (Å²) in [5.41, 5.74) is 6.15. The summed E-state index contributed by atoms with van der Waals surface area (Å²) in [4.78, 5) is 0.916. The van der Waals surface area contributed by atoms with Gasteiger partial charge >= 0.3 is 0 Å². The van der Waals surface area contributed by atoms with Gasteiger partial charge in [0.2, 0.25) is 10.0 Å². The lowest BCUT2D eigenvalue weighted by Crippen LogP contribution is -2.28. The SMILES string of the molecule is CC(C)OCCS(=O)(=O)NCc1cc(C#CCN)cs1. The average Bonchev–Trinajstić information content (AvgIpc) is 2.81. The van der Waals surface area contributed by atoms with E-state index >= 15 is 0 Å². The molecule has 1 heterocycles. The molecule has 20 heavy (non-hydrogen) atoms. The van der Waals surface area contributed by atoms with Crippen molar-refractivity contribution in [2.24, 2.45) is 5.73 Å². The number of nitrogens with two attached hydrogens (primary N) is 1. The zero-order valence-corrected chi connectivity index (χ0v) is 13.3. The Hall–Kier alpha value is -0.910. The maximum atomic E-state index is 11.7. The van der Waals surface area contributed by atoms with Crippen LogP contribution < -0.4 is 10.5 Å². The molecule has 0 atom stereocenters. The monoisotopic (exact) mass is 316 g/mol. The van der Waals surface area contributed by atoms with Gasteiger partial charge in [0, 0.05) is 22.4 Å². The van der Waals surface area contributed by atoms with Crippen LogP contribution in [0.15, 0.2) is 11.4 Å². The van der Waals surface area contributed by atoms with E-state index in [0.717, 1.165) is 10.4 Å². The van der Waals surface area contributed by atoms with E-state index in [1.54, 1.807) is 0 Å². The zero-order valence-electron chi connectivity index (χ0n) is 11.7. The van der Waals surface area contributed by atoms with Gasteiger partial charge in [0.15, 0.2) is 0 Å². The molecule has 0 aliphatic carbocycles. The third-order valence-corrected chi connectivity index (χ3v) is 4.48. The first-order valence-electron chi connectivity index (χ1n) is 6.28. The van der Waals surface area contributed by atoms with Crippen molar-refractivity contribution in [2.75, 3.05) is 18.9 Å². The number of nitrogens with one attached hydrogen (secondary N) is 1. The van der Waals surface area contributed by atoms with Crippen molar-refractivity contribution in [1.29, 1.82) is 0 Å². The predicted octanol–water partition coefficient (Wildman–Crippen LogP) is 0.903. The number of ether oxygens (including phenoxy) is 1. The summed E-state index contributed by atoms with van der Waals surface area (Å²) >= 11 is 1.47. The standard InChI is InChI=1S/C13H20N2O3S2/c1-11(2)18-6-7-20(16,17)15-9-13-8-12(10-19-13)4-3-5-14/h8,10-11,15H,5-7,9,14H2,1-2H3. The molecular weight excluding hydrogens is 296 g/mol. The van der Waals surface area contributed by atoms with Gasteiger partial charge in [-0.3, -0.25) is 0 Å². The Morgan fingerprint density at radius 2 is 2.25 bits per heavy atom. The van der Waals surface area contributed by atoms with Gasteiger partial charge in [-0.1, -0.05) is 11.8 Å². The van der Waals surface area contributed by atoms with E-state index in [0.29, 0.717) is 6.54 Å². The lowest BCUT2D eigenvalue weighted by Gasteiger charge is -2.08. The average molecular weight is 316 g/mol. The first kappa shape index (κ1) is 17.1. The van der Waals surface area contributed by atoms with Crippen LogP contribution in [0.25, 0.3) is 0 Å². The van der Waals surface area contributed by atoms with Crippen LogP contribution in [0.5, 0.6) is 0 Å². The highest BCUT2D eigenvalue weighted by molar-refractivity contribution is 7.89. The Labute approximate surface area is 124 Å². The van der Waals surface area contributed by atoms with E-state index in [9.17, 15) is 8.42 Å². The van der Waals surface area contributed by atoms with Crippen molar-refractivity contribution >= 4 is 21.4 Å². The Morgan fingerprint density at radius 3 is 2.90 bits per heavy atom. The fourth-order valence-corrected chi connectivity index (χ4v) is 3.02. The minimum atomic E-state index is -3.31. The number of hydrogen-bond donors (Lipinski definition) is 2. The molecule has 0 spiro atoms. The van der Waals surface area contributed by atoms with Crippen LogP contribution in [0.3, 0.4) is 0 Å². The van der Waals surface area contributed by atoms with Crippen LogP contribution in [0.4, 0.5) is 0 Å². The van der Waals surface area contributed by atoms with Gasteiger partial charge < -0.3 is 10.5 Å². The highest BCUT2D eigenvalue weighted by Gasteiger charge is 2.11. The van der Waals surface area contributed by atoms with Gasteiger partial charge in [-0.2, -0.15) is 0 Å². The molecule has 112 valence electrons. The molecule has 1 rings (SSSR count). The summed E-state index contributed by atoms with van der Waals surface area (Å²) in [6.45, 7) is 4.53. The van der Waals surface area contributed by atoms with Crippen molar-refractivity contribution in [3.8, 4) is 11.8 Å². The Bertz CT molecular complexity index is 568. The quantitative estimate of drug-likeness (QED) is 0.733. The van der Waals surface area contributed by atoms with Crippen LogP contribution in [-0.2, 0) is 21.3 Å². The molecular formula is C13H20N2O3S2. The highest BCUT2D eigenvalue weighted by atomic mass is 32.2. The number of rotatable bonds is 7. The fraction of sp³-hybridized carbons (Fsp3) is 0.538. The lowest BCUT2D eigenvalue weighted by atomic mass is 10.3. The molecule has 3 N–H and O–H groups in total. The van der Waals surface area contributed by atoms with E-state index in [-0.39, 0.29) is 25.0 Å². The minimum absolute atomic E-state index is 0.0314. The van der Waals surface area contributed by atoms with Gasteiger partial charge in [0.05, 0.1) is 25.0 Å². The Morgan fingerprint density at radius 1 is 1.50 bits per heavy atom. The van der Waals surface area contributed by atoms with Crippen LogP contribution in [0, 0.1) is 11.8 Å². The maximum Gasteiger partial charge on any atom is 0.214 e. The molecule has 1 aromatic rings. The molecule has 0 aliphatic heterocycles. The molecule has 0 bridgehead atoms. The largest absolute Gasteiger partial charge is 0.378 e. The zero-order chi connectivity index (χ0) is 15.0. The maximum absolute atomic E-state index is 11.7. The van der Waals surface area contributed by atoms with Crippen molar-refractivity contribution < 1.29 is 13.2 Å². The van der Waals surface area contributed by atoms with Gasteiger partial charge in [-0.05, 0) is 19.9 Å². The summed E-state index contributed by atoms with van der Waals surface area (Å²) in [5, 5.41) is 1.88. The Balaban J connectivity index is 2.43. The van der Waals surface area contributed by atoms with Crippen LogP contribution in [0.2, 0.25) is 0 Å². The van der Waals surface area contributed by atoms with Crippen LogP contribution >= 0.6 is 11.3 Å². The summed E-state index contributed by atoms with van der Waals surface area (Å²) in [5.74, 6) is 5.63. The molecule has 0 fully saturated rings. The molecule has 0 aliphatic rings. The lowest BCUT2D eigenvalue weighted by molar-refractivity contribution is 0.0911. The normalized spacial score (nSPS) is 11.4. The molecule has 0 saturated heterocycles. The van der Waals surface area contributed by atoms with Crippen molar-refractivity contribution in [3.05, 3.63) is 21.9 Å². The summed E-state index contributed by atoms with van der Waals surface area (Å²) in [6.07, 6.45) is 0.0335. The van der Waals surface area contributed by atoms with E-state index in [2.05, 4.69) is 16.6 Å². The summed E-state index contributed by atoms with van der Waals surface area (Å²) < 4.78 is 31.2. The second-order valence-electron chi connectivity index (χ2n) is 4.37. The number of sulfonamides is 1. The summed E-state index contributed by atoms with van der Waals surface area (Å²) in [7, 11) is -3.31. The van der Waals surface area contributed by atoms with E-state index in [4.69, 9.17) is 10.5 Å². The molecule has 7 heteroatoms. The number of thiophene rings is 1. The topological polar surface area (TPSA) is 81.4 Å². The molecule has 5 nitrogen and oxygen atoms in total. The molecule has 0 amide bonds. The minimum Gasteiger partial charge on any atom is -0.378 e. The molecule has 0 unspecified atom stereocenters. The van der Waals surface area contributed by atoms with Crippen LogP contribution in [-0.4, -0.2) is 33.4 Å². The van der Waals surface area contributed by atoms with E-state index in [1.165, 1.54) is 11.3 Å². The molecule has 1 aromatic heterocycles. The predicted molar refractivity (Wildman–Crippen MR) is 82.0 cm³/mol. The second kappa shape index (κ2) is 8.39. The van der Waals surface area contributed by atoms with Gasteiger partial charge in [0.1, 0.15) is 0 Å². The number of hydrogen-bond acceptors (Lipinski definition) is 5. The third-order valence-electron chi connectivity index (χ3n) is 2.26. The Kier molecular flexibility index (Phi) is 7.19.